The van der Waals surface area contributed by atoms with Gasteiger partial charge in [0.1, 0.15) is 0 Å². The van der Waals surface area contributed by atoms with E-state index >= 15 is 0 Å². The van der Waals surface area contributed by atoms with Gasteiger partial charge < -0.3 is 5.32 Å². The Balaban J connectivity index is 2.79. The third-order valence-electron chi connectivity index (χ3n) is 2.01. The van der Waals surface area contributed by atoms with Crippen molar-refractivity contribution in [3.8, 4) is 0 Å². The summed E-state index contributed by atoms with van der Waals surface area (Å²) in [5.41, 5.74) is 0.194. The maximum Gasteiger partial charge on any atom is 0.390 e. The van der Waals surface area contributed by atoms with Gasteiger partial charge in [0.05, 0.1) is 17.0 Å². The molecule has 1 rings (SSSR count). The van der Waals surface area contributed by atoms with Crippen molar-refractivity contribution in [1.29, 1.82) is 0 Å². The monoisotopic (exact) mass is 267 g/mol. The first-order valence-electron chi connectivity index (χ1n) is 4.80. The first-order chi connectivity index (χ1) is 7.70. The van der Waals surface area contributed by atoms with Gasteiger partial charge in [-0.1, -0.05) is 12.1 Å². The molecular formula is C10H12F3NO2S. The van der Waals surface area contributed by atoms with Crippen molar-refractivity contribution < 1.29 is 21.6 Å². The zero-order chi connectivity index (χ0) is 13.1. The summed E-state index contributed by atoms with van der Waals surface area (Å²) in [6.45, 7) is -0.351. The lowest BCUT2D eigenvalue weighted by Gasteiger charge is -2.11. The molecule has 0 unspecified atom stereocenters. The molecule has 0 radical (unpaired) electrons. The molecule has 0 saturated heterocycles. The average molecular weight is 267 g/mol. The molecular weight excluding hydrogens is 255 g/mol. The van der Waals surface area contributed by atoms with Crippen LogP contribution < -0.4 is 5.32 Å². The summed E-state index contributed by atoms with van der Waals surface area (Å²) in [6, 6.07) is 5.87. The Morgan fingerprint density at radius 3 is 2.35 bits per heavy atom. The number of hydrogen-bond donors (Lipinski definition) is 1. The average Bonchev–Trinajstić information content (AvgIpc) is 2.15. The highest BCUT2D eigenvalue weighted by Crippen LogP contribution is 2.23. The van der Waals surface area contributed by atoms with Crippen LogP contribution in [0.3, 0.4) is 0 Å². The van der Waals surface area contributed by atoms with E-state index in [4.69, 9.17) is 0 Å². The predicted octanol–water partition coefficient (Wildman–Crippen LogP) is 2.45. The summed E-state index contributed by atoms with van der Waals surface area (Å²) < 4.78 is 58.5. The molecule has 0 heterocycles. The summed E-state index contributed by atoms with van der Waals surface area (Å²) in [5.74, 6) is 0. The number of rotatable bonds is 4. The molecule has 17 heavy (non-hydrogen) atoms. The highest BCUT2D eigenvalue weighted by atomic mass is 32.2. The number of halogens is 3. The molecule has 0 spiro atoms. The van der Waals surface area contributed by atoms with Crippen LogP contribution in [0.1, 0.15) is 6.42 Å². The van der Waals surface area contributed by atoms with Crippen molar-refractivity contribution in [3.05, 3.63) is 24.3 Å². The smallest absolute Gasteiger partial charge is 0.384 e. The molecule has 0 atom stereocenters. The lowest BCUT2D eigenvalue weighted by atomic mass is 10.3. The van der Waals surface area contributed by atoms with Crippen molar-refractivity contribution >= 4 is 15.5 Å². The van der Waals surface area contributed by atoms with Crippen LogP contribution in [0.15, 0.2) is 29.2 Å². The summed E-state index contributed by atoms with van der Waals surface area (Å²) in [4.78, 5) is 0.00201. The van der Waals surface area contributed by atoms with Gasteiger partial charge >= 0.3 is 6.18 Å². The van der Waals surface area contributed by atoms with Crippen LogP contribution >= 0.6 is 0 Å². The molecule has 3 nitrogen and oxygen atoms in total. The van der Waals surface area contributed by atoms with Crippen LogP contribution in [0, 0.1) is 0 Å². The SMILES string of the molecule is CS(=O)(=O)c1ccccc1NCCC(F)(F)F. The summed E-state index contributed by atoms with van der Waals surface area (Å²) >= 11 is 0. The first kappa shape index (κ1) is 13.8. The van der Waals surface area contributed by atoms with Crippen molar-refractivity contribution in [2.24, 2.45) is 0 Å². The van der Waals surface area contributed by atoms with Crippen molar-refractivity contribution in [2.45, 2.75) is 17.5 Å². The van der Waals surface area contributed by atoms with Gasteiger partial charge in [0.25, 0.3) is 0 Å². The molecule has 0 aliphatic carbocycles. The number of para-hydroxylation sites is 1. The van der Waals surface area contributed by atoms with E-state index in [-0.39, 0.29) is 17.1 Å². The van der Waals surface area contributed by atoms with Gasteiger partial charge in [0.2, 0.25) is 0 Å². The van der Waals surface area contributed by atoms with Crippen LogP contribution in [0.25, 0.3) is 0 Å². The minimum absolute atomic E-state index is 0.00201. The maximum atomic E-state index is 11.9. The molecule has 1 aromatic carbocycles. The van der Waals surface area contributed by atoms with E-state index in [9.17, 15) is 21.6 Å². The summed E-state index contributed by atoms with van der Waals surface area (Å²) in [7, 11) is -3.44. The topological polar surface area (TPSA) is 46.2 Å². The minimum atomic E-state index is -4.26. The van der Waals surface area contributed by atoms with E-state index in [0.717, 1.165) is 6.26 Å². The molecule has 96 valence electrons. The Kier molecular flexibility index (Phi) is 4.03. The Morgan fingerprint density at radius 1 is 1.24 bits per heavy atom. The first-order valence-corrected chi connectivity index (χ1v) is 6.69. The molecule has 0 amide bonds. The molecule has 1 N–H and O–H groups in total. The molecule has 1 aromatic rings. The van der Waals surface area contributed by atoms with E-state index < -0.39 is 22.4 Å². The fourth-order valence-corrected chi connectivity index (χ4v) is 2.14. The van der Waals surface area contributed by atoms with Gasteiger partial charge in [-0.25, -0.2) is 8.42 Å². The second-order valence-electron chi connectivity index (χ2n) is 3.56. The fraction of sp³-hybridized carbons (Fsp3) is 0.400. The Hall–Kier alpha value is -1.24. The fourth-order valence-electron chi connectivity index (χ4n) is 1.27. The molecule has 0 aromatic heterocycles. The third kappa shape index (κ3) is 4.64. The van der Waals surface area contributed by atoms with Gasteiger partial charge in [-0.05, 0) is 12.1 Å². The highest BCUT2D eigenvalue weighted by Gasteiger charge is 2.26. The zero-order valence-corrected chi connectivity index (χ0v) is 9.90. The zero-order valence-electron chi connectivity index (χ0n) is 9.08. The van der Waals surface area contributed by atoms with E-state index in [1.807, 2.05) is 0 Å². The summed E-state index contributed by atoms with van der Waals surface area (Å²) in [6.07, 6.45) is -4.25. The highest BCUT2D eigenvalue weighted by molar-refractivity contribution is 7.90. The van der Waals surface area contributed by atoms with Crippen LogP contribution in [-0.4, -0.2) is 27.4 Å². The predicted molar refractivity (Wildman–Crippen MR) is 58.7 cm³/mol. The van der Waals surface area contributed by atoms with Crippen LogP contribution in [-0.2, 0) is 9.84 Å². The van der Waals surface area contributed by atoms with Gasteiger partial charge in [0, 0.05) is 12.8 Å². The summed E-state index contributed by atoms with van der Waals surface area (Å²) in [5, 5.41) is 2.48. The number of benzene rings is 1. The maximum absolute atomic E-state index is 11.9. The van der Waals surface area contributed by atoms with Gasteiger partial charge in [0.15, 0.2) is 9.84 Å². The molecule has 0 saturated carbocycles. The second kappa shape index (κ2) is 4.95. The van der Waals surface area contributed by atoms with Crippen LogP contribution in [0.4, 0.5) is 18.9 Å². The molecule has 0 aliphatic rings. The van der Waals surface area contributed by atoms with Crippen molar-refractivity contribution in [2.75, 3.05) is 18.1 Å². The standard InChI is InChI=1S/C10H12F3NO2S/c1-17(15,16)9-5-3-2-4-8(9)14-7-6-10(11,12)13/h2-5,14H,6-7H2,1H3. The molecule has 0 bridgehead atoms. The van der Waals surface area contributed by atoms with Gasteiger partial charge in [-0.15, -0.1) is 0 Å². The Morgan fingerprint density at radius 2 is 1.82 bits per heavy atom. The van der Waals surface area contributed by atoms with Crippen molar-refractivity contribution in [3.63, 3.8) is 0 Å². The number of sulfone groups is 1. The van der Waals surface area contributed by atoms with Crippen molar-refractivity contribution in [1.82, 2.24) is 0 Å². The van der Waals surface area contributed by atoms with Crippen LogP contribution in [0.5, 0.6) is 0 Å². The molecule has 0 fully saturated rings. The number of hydrogen-bond acceptors (Lipinski definition) is 3. The number of nitrogens with one attached hydrogen (secondary N) is 1. The van der Waals surface area contributed by atoms with Gasteiger partial charge in [-0.2, -0.15) is 13.2 Å². The Bertz CT molecular complexity index is 483. The second-order valence-corrected chi connectivity index (χ2v) is 5.54. The normalized spacial score (nSPS) is 12.5. The van der Waals surface area contributed by atoms with E-state index in [1.165, 1.54) is 18.2 Å². The minimum Gasteiger partial charge on any atom is -0.384 e. The molecule has 0 aliphatic heterocycles. The third-order valence-corrected chi connectivity index (χ3v) is 3.17. The van der Waals surface area contributed by atoms with E-state index in [2.05, 4.69) is 5.32 Å². The lowest BCUT2D eigenvalue weighted by Crippen LogP contribution is -2.15. The number of alkyl halides is 3. The number of anilines is 1. The van der Waals surface area contributed by atoms with Gasteiger partial charge in [-0.3, -0.25) is 0 Å². The van der Waals surface area contributed by atoms with Crippen LogP contribution in [0.2, 0.25) is 0 Å². The lowest BCUT2D eigenvalue weighted by molar-refractivity contribution is -0.131. The van der Waals surface area contributed by atoms with E-state index in [0.29, 0.717) is 0 Å². The molecule has 7 heteroatoms. The van der Waals surface area contributed by atoms with E-state index in [1.54, 1.807) is 6.07 Å². The largest absolute Gasteiger partial charge is 0.390 e. The quantitative estimate of drug-likeness (QED) is 0.911. The Labute approximate surface area is 97.6 Å².